The van der Waals surface area contributed by atoms with Gasteiger partial charge in [0.1, 0.15) is 0 Å². The highest BCUT2D eigenvalue weighted by Gasteiger charge is 2.20. The smallest absolute Gasteiger partial charge is 0.260 e. The van der Waals surface area contributed by atoms with Gasteiger partial charge in [-0.05, 0) is 24.5 Å². The number of nitrogens with zero attached hydrogens (tertiary/aromatic N) is 2. The Morgan fingerprint density at radius 1 is 1.35 bits per heavy atom. The van der Waals surface area contributed by atoms with Crippen molar-refractivity contribution in [3.63, 3.8) is 0 Å². The number of ether oxygens (including phenoxy) is 1. The zero-order valence-corrected chi connectivity index (χ0v) is 12.1. The number of halogens is 2. The van der Waals surface area contributed by atoms with Crippen LogP contribution < -0.4 is 5.73 Å². The van der Waals surface area contributed by atoms with Crippen molar-refractivity contribution < 1.29 is 9.26 Å². The maximum absolute atomic E-state index is 6.00. The van der Waals surface area contributed by atoms with E-state index in [4.69, 9.17) is 38.2 Å². The first-order valence-electron chi connectivity index (χ1n) is 6.28. The first-order valence-corrected chi connectivity index (χ1v) is 7.04. The maximum Gasteiger partial charge on any atom is 0.260 e. The van der Waals surface area contributed by atoms with Crippen LogP contribution in [0, 0.1) is 5.92 Å². The van der Waals surface area contributed by atoms with E-state index in [1.807, 2.05) is 0 Å². The summed E-state index contributed by atoms with van der Waals surface area (Å²) in [5, 5.41) is 4.82. The molecular weight excluding hydrogens is 301 g/mol. The number of benzene rings is 1. The lowest BCUT2D eigenvalue weighted by atomic mass is 10.1. The third kappa shape index (κ3) is 2.75. The molecule has 1 aromatic heterocycles. The number of nitrogen functional groups attached to an aromatic ring is 1. The number of hydrogen-bond acceptors (Lipinski definition) is 5. The van der Waals surface area contributed by atoms with Crippen LogP contribution in [0.25, 0.3) is 11.5 Å². The van der Waals surface area contributed by atoms with E-state index < -0.39 is 0 Å². The van der Waals surface area contributed by atoms with E-state index in [1.54, 1.807) is 12.1 Å². The molecule has 3 rings (SSSR count). The average Bonchev–Trinajstić information content (AvgIpc) is 3.06. The van der Waals surface area contributed by atoms with Gasteiger partial charge < -0.3 is 15.0 Å². The molecule has 20 heavy (non-hydrogen) atoms. The molecule has 106 valence electrons. The molecule has 0 saturated carbocycles. The van der Waals surface area contributed by atoms with Crippen molar-refractivity contribution in [2.45, 2.75) is 12.8 Å². The monoisotopic (exact) mass is 313 g/mol. The van der Waals surface area contributed by atoms with E-state index in [0.717, 1.165) is 26.1 Å². The van der Waals surface area contributed by atoms with Crippen LogP contribution >= 0.6 is 23.2 Å². The van der Waals surface area contributed by atoms with E-state index in [1.165, 1.54) is 0 Å². The standard InChI is InChI=1S/C13H13Cl2N3O2/c14-8-4-9(12(16)10(15)5-8)13-17-11(18-20-13)3-7-1-2-19-6-7/h4-5,7H,1-3,6,16H2. The molecule has 0 bridgehead atoms. The van der Waals surface area contributed by atoms with E-state index in [2.05, 4.69) is 10.1 Å². The molecule has 1 saturated heterocycles. The van der Waals surface area contributed by atoms with Crippen LogP contribution in [0.15, 0.2) is 16.7 Å². The van der Waals surface area contributed by atoms with Crippen LogP contribution in [0.2, 0.25) is 10.0 Å². The molecule has 1 unspecified atom stereocenters. The predicted octanol–water partition coefficient (Wildman–Crippen LogP) is 3.20. The van der Waals surface area contributed by atoms with Crippen LogP contribution in [0.4, 0.5) is 5.69 Å². The summed E-state index contributed by atoms with van der Waals surface area (Å²) >= 11 is 12.0. The zero-order chi connectivity index (χ0) is 14.1. The Hall–Kier alpha value is -1.30. The van der Waals surface area contributed by atoms with Gasteiger partial charge >= 0.3 is 0 Å². The van der Waals surface area contributed by atoms with Crippen LogP contribution in [0.1, 0.15) is 12.2 Å². The summed E-state index contributed by atoms with van der Waals surface area (Å²) in [6.07, 6.45) is 1.76. The Morgan fingerprint density at radius 3 is 2.95 bits per heavy atom. The highest BCUT2D eigenvalue weighted by molar-refractivity contribution is 6.37. The molecule has 1 aliphatic heterocycles. The first kappa shape index (κ1) is 13.7. The summed E-state index contributed by atoms with van der Waals surface area (Å²) in [5.41, 5.74) is 6.86. The number of aromatic nitrogens is 2. The summed E-state index contributed by atoms with van der Waals surface area (Å²) in [5.74, 6) is 1.42. The summed E-state index contributed by atoms with van der Waals surface area (Å²) in [4.78, 5) is 4.36. The second-order valence-corrected chi connectivity index (χ2v) is 5.64. The fourth-order valence-electron chi connectivity index (χ4n) is 2.21. The fourth-order valence-corrected chi connectivity index (χ4v) is 2.70. The Labute approximate surface area is 126 Å². The Kier molecular flexibility index (Phi) is 3.83. The van der Waals surface area contributed by atoms with Crippen molar-refractivity contribution >= 4 is 28.9 Å². The highest BCUT2D eigenvalue weighted by atomic mass is 35.5. The van der Waals surface area contributed by atoms with Gasteiger partial charge in [-0.3, -0.25) is 0 Å². The molecule has 1 aliphatic rings. The topological polar surface area (TPSA) is 74.2 Å². The van der Waals surface area contributed by atoms with Crippen molar-refractivity contribution in [3.8, 4) is 11.5 Å². The minimum atomic E-state index is 0.334. The molecule has 2 N–H and O–H groups in total. The Balaban J connectivity index is 1.86. The lowest BCUT2D eigenvalue weighted by Gasteiger charge is -2.04. The van der Waals surface area contributed by atoms with Crippen LogP contribution in [-0.4, -0.2) is 23.4 Å². The largest absolute Gasteiger partial charge is 0.397 e. The molecule has 2 aromatic rings. The molecule has 0 aliphatic carbocycles. The van der Waals surface area contributed by atoms with Crippen LogP contribution in [0.3, 0.4) is 0 Å². The van der Waals surface area contributed by atoms with Gasteiger partial charge in [-0.25, -0.2) is 0 Å². The second kappa shape index (κ2) is 5.60. The Bertz CT molecular complexity index is 624. The lowest BCUT2D eigenvalue weighted by molar-refractivity contribution is 0.185. The molecule has 5 nitrogen and oxygen atoms in total. The van der Waals surface area contributed by atoms with Crippen molar-refractivity contribution in [3.05, 3.63) is 28.0 Å². The first-order chi connectivity index (χ1) is 9.63. The zero-order valence-electron chi connectivity index (χ0n) is 10.6. The van der Waals surface area contributed by atoms with E-state index in [9.17, 15) is 0 Å². The molecular formula is C13H13Cl2N3O2. The molecule has 0 spiro atoms. The van der Waals surface area contributed by atoms with E-state index in [-0.39, 0.29) is 0 Å². The van der Waals surface area contributed by atoms with Gasteiger partial charge in [0.25, 0.3) is 5.89 Å². The summed E-state index contributed by atoms with van der Waals surface area (Å²) in [6, 6.07) is 3.24. The van der Waals surface area contributed by atoms with Crippen LogP contribution in [0.5, 0.6) is 0 Å². The maximum atomic E-state index is 6.00. The quantitative estimate of drug-likeness (QED) is 0.881. The molecule has 2 heterocycles. The molecule has 1 aromatic carbocycles. The third-order valence-corrected chi connectivity index (χ3v) is 3.82. The van der Waals surface area contributed by atoms with Crippen molar-refractivity contribution in [1.29, 1.82) is 0 Å². The normalized spacial score (nSPS) is 18.6. The molecule has 0 amide bonds. The number of hydrogen-bond donors (Lipinski definition) is 1. The lowest BCUT2D eigenvalue weighted by Crippen LogP contribution is -2.04. The van der Waals surface area contributed by atoms with Gasteiger partial charge in [-0.2, -0.15) is 4.98 Å². The van der Waals surface area contributed by atoms with E-state index in [0.29, 0.717) is 38.9 Å². The van der Waals surface area contributed by atoms with Crippen molar-refractivity contribution in [1.82, 2.24) is 10.1 Å². The number of rotatable bonds is 3. The fraction of sp³-hybridized carbons (Fsp3) is 0.385. The van der Waals surface area contributed by atoms with Gasteiger partial charge in [-0.1, -0.05) is 28.4 Å². The molecule has 7 heteroatoms. The van der Waals surface area contributed by atoms with Crippen molar-refractivity contribution in [2.24, 2.45) is 5.92 Å². The SMILES string of the molecule is Nc1c(Cl)cc(Cl)cc1-c1nc(CC2CCOC2)no1. The predicted molar refractivity (Wildman–Crippen MR) is 76.8 cm³/mol. The summed E-state index contributed by atoms with van der Waals surface area (Å²) in [6.45, 7) is 1.54. The van der Waals surface area contributed by atoms with E-state index >= 15 is 0 Å². The summed E-state index contributed by atoms with van der Waals surface area (Å²) < 4.78 is 10.6. The van der Waals surface area contributed by atoms with Gasteiger partial charge in [0, 0.05) is 24.7 Å². The second-order valence-electron chi connectivity index (χ2n) is 4.80. The van der Waals surface area contributed by atoms with Gasteiger partial charge in [0.2, 0.25) is 0 Å². The van der Waals surface area contributed by atoms with Crippen molar-refractivity contribution in [2.75, 3.05) is 18.9 Å². The number of anilines is 1. The van der Waals surface area contributed by atoms with Gasteiger partial charge in [0.15, 0.2) is 5.82 Å². The molecule has 0 radical (unpaired) electrons. The minimum Gasteiger partial charge on any atom is -0.397 e. The van der Waals surface area contributed by atoms with Crippen LogP contribution in [-0.2, 0) is 11.2 Å². The third-order valence-electron chi connectivity index (χ3n) is 3.29. The number of nitrogens with two attached hydrogens (primary N) is 1. The van der Waals surface area contributed by atoms with Gasteiger partial charge in [0.05, 0.1) is 16.3 Å². The van der Waals surface area contributed by atoms with Gasteiger partial charge in [-0.15, -0.1) is 0 Å². The average molecular weight is 314 g/mol. The molecule has 1 fully saturated rings. The highest BCUT2D eigenvalue weighted by Crippen LogP contribution is 2.34. The summed E-state index contributed by atoms with van der Waals surface area (Å²) in [7, 11) is 0. The molecule has 1 atom stereocenters. The minimum absolute atomic E-state index is 0.334. The Morgan fingerprint density at radius 2 is 2.20 bits per heavy atom.